The molecule has 0 aliphatic heterocycles. The van der Waals surface area contributed by atoms with Gasteiger partial charge in [0.1, 0.15) is 11.2 Å². The predicted octanol–water partition coefficient (Wildman–Crippen LogP) is 13.1. The first-order valence-electron chi connectivity index (χ1n) is 17.9. The molecule has 0 saturated carbocycles. The SMILES string of the molecule is c1ccc(-c2nc(-c3ccc(-c4ccc5c(c4)oc4cc6ccccc6cc45)c4ccccc34)nc(-c3cc4ccccc4c4ccccc34)n2)cc1. The number of hydrogen-bond acceptors (Lipinski definition) is 4. The van der Waals surface area contributed by atoms with Crippen molar-refractivity contribution >= 4 is 65.0 Å². The van der Waals surface area contributed by atoms with Gasteiger partial charge in [-0.05, 0) is 90.6 Å². The summed E-state index contributed by atoms with van der Waals surface area (Å²) < 4.78 is 6.47. The first-order chi connectivity index (χ1) is 26.2. The molecule has 11 aromatic rings. The van der Waals surface area contributed by atoms with Gasteiger partial charge < -0.3 is 4.42 Å². The van der Waals surface area contributed by atoms with Crippen molar-refractivity contribution in [3.63, 3.8) is 0 Å². The molecule has 246 valence electrons. The average molecular weight is 676 g/mol. The van der Waals surface area contributed by atoms with E-state index in [1.165, 1.54) is 21.5 Å². The Kier molecular flexibility index (Phi) is 6.52. The maximum Gasteiger partial charge on any atom is 0.164 e. The molecule has 0 fully saturated rings. The molecule has 4 nitrogen and oxygen atoms in total. The van der Waals surface area contributed by atoms with Crippen LogP contribution in [0.5, 0.6) is 0 Å². The van der Waals surface area contributed by atoms with Crippen LogP contribution < -0.4 is 0 Å². The number of aromatic nitrogens is 3. The Morgan fingerprint density at radius 3 is 1.60 bits per heavy atom. The van der Waals surface area contributed by atoms with Gasteiger partial charge in [0.15, 0.2) is 17.5 Å². The predicted molar refractivity (Wildman–Crippen MR) is 219 cm³/mol. The molecule has 11 rings (SSSR count). The molecule has 0 aliphatic rings. The Bertz CT molecular complexity index is 3240. The van der Waals surface area contributed by atoms with Crippen molar-refractivity contribution in [3.8, 4) is 45.3 Å². The minimum atomic E-state index is 0.633. The van der Waals surface area contributed by atoms with E-state index in [1.54, 1.807) is 0 Å². The molecule has 9 aromatic carbocycles. The monoisotopic (exact) mass is 675 g/mol. The van der Waals surface area contributed by atoms with Crippen LogP contribution in [0.1, 0.15) is 0 Å². The summed E-state index contributed by atoms with van der Waals surface area (Å²) in [5.41, 5.74) is 6.85. The summed E-state index contributed by atoms with van der Waals surface area (Å²) in [6, 6.07) is 61.6. The average Bonchev–Trinajstić information content (AvgIpc) is 3.58. The van der Waals surface area contributed by atoms with Gasteiger partial charge in [-0.1, -0.05) is 140 Å². The molecule has 0 spiro atoms. The molecule has 53 heavy (non-hydrogen) atoms. The van der Waals surface area contributed by atoms with Crippen molar-refractivity contribution in [2.45, 2.75) is 0 Å². The van der Waals surface area contributed by atoms with E-state index in [4.69, 9.17) is 19.4 Å². The van der Waals surface area contributed by atoms with Gasteiger partial charge in [-0.25, -0.2) is 15.0 Å². The number of benzene rings is 9. The summed E-state index contributed by atoms with van der Waals surface area (Å²) in [5, 5.41) is 11.4. The third kappa shape index (κ3) is 4.80. The molecule has 0 unspecified atom stereocenters. The number of hydrogen-bond donors (Lipinski definition) is 0. The lowest BCUT2D eigenvalue weighted by Crippen LogP contribution is -2.01. The zero-order chi connectivity index (χ0) is 34.9. The molecule has 0 atom stereocenters. The molecular formula is C49H29N3O. The lowest BCUT2D eigenvalue weighted by Gasteiger charge is -2.14. The zero-order valence-corrected chi connectivity index (χ0v) is 28.5. The highest BCUT2D eigenvalue weighted by atomic mass is 16.3. The fourth-order valence-electron chi connectivity index (χ4n) is 7.95. The van der Waals surface area contributed by atoms with E-state index in [2.05, 4.69) is 158 Å². The van der Waals surface area contributed by atoms with Crippen molar-refractivity contribution in [1.29, 1.82) is 0 Å². The Hall–Kier alpha value is -7.17. The first kappa shape index (κ1) is 29.5. The van der Waals surface area contributed by atoms with Crippen LogP contribution in [0.4, 0.5) is 0 Å². The van der Waals surface area contributed by atoms with Gasteiger partial charge in [0.2, 0.25) is 0 Å². The third-order valence-electron chi connectivity index (χ3n) is 10.5. The quantitative estimate of drug-likeness (QED) is 0.174. The normalized spacial score (nSPS) is 11.8. The van der Waals surface area contributed by atoms with Crippen molar-refractivity contribution in [3.05, 3.63) is 176 Å². The van der Waals surface area contributed by atoms with E-state index in [9.17, 15) is 0 Å². The molecule has 0 bridgehead atoms. The van der Waals surface area contributed by atoms with Crippen LogP contribution in [-0.2, 0) is 0 Å². The van der Waals surface area contributed by atoms with Crippen molar-refractivity contribution in [1.82, 2.24) is 15.0 Å². The number of nitrogens with zero attached hydrogens (tertiary/aromatic N) is 3. The molecule has 0 aliphatic carbocycles. The molecule has 0 radical (unpaired) electrons. The van der Waals surface area contributed by atoms with Crippen LogP contribution in [-0.4, -0.2) is 15.0 Å². The Morgan fingerprint density at radius 1 is 0.283 bits per heavy atom. The summed E-state index contributed by atoms with van der Waals surface area (Å²) in [7, 11) is 0. The van der Waals surface area contributed by atoms with E-state index in [1.807, 2.05) is 18.2 Å². The van der Waals surface area contributed by atoms with E-state index in [-0.39, 0.29) is 0 Å². The lowest BCUT2D eigenvalue weighted by atomic mass is 9.94. The summed E-state index contributed by atoms with van der Waals surface area (Å²) in [5.74, 6) is 1.92. The van der Waals surface area contributed by atoms with Gasteiger partial charge in [0, 0.05) is 27.5 Å². The maximum atomic E-state index is 6.47. The Labute approximate surface area is 304 Å². The van der Waals surface area contributed by atoms with E-state index >= 15 is 0 Å². The van der Waals surface area contributed by atoms with Crippen LogP contribution >= 0.6 is 0 Å². The minimum Gasteiger partial charge on any atom is -0.456 e. The van der Waals surface area contributed by atoms with Crippen LogP contribution in [0.25, 0.3) is 110 Å². The van der Waals surface area contributed by atoms with Crippen LogP contribution in [0.3, 0.4) is 0 Å². The number of fused-ring (bicyclic) bond motifs is 8. The highest BCUT2D eigenvalue weighted by molar-refractivity contribution is 6.14. The van der Waals surface area contributed by atoms with E-state index in [0.29, 0.717) is 17.5 Å². The molecule has 4 heteroatoms. The van der Waals surface area contributed by atoms with Gasteiger partial charge in [-0.15, -0.1) is 0 Å². The fourth-order valence-corrected chi connectivity index (χ4v) is 7.95. The highest BCUT2D eigenvalue weighted by Crippen LogP contribution is 2.40. The molecular weight excluding hydrogens is 647 g/mol. The van der Waals surface area contributed by atoms with Gasteiger partial charge in [0.05, 0.1) is 0 Å². The van der Waals surface area contributed by atoms with Crippen molar-refractivity contribution < 1.29 is 4.42 Å². The highest BCUT2D eigenvalue weighted by Gasteiger charge is 2.19. The Balaban J connectivity index is 1.11. The minimum absolute atomic E-state index is 0.633. The van der Waals surface area contributed by atoms with Gasteiger partial charge in [0.25, 0.3) is 0 Å². The molecule has 2 heterocycles. The smallest absolute Gasteiger partial charge is 0.164 e. The molecule has 2 aromatic heterocycles. The second kappa shape index (κ2) is 11.7. The molecule has 0 amide bonds. The number of furan rings is 1. The van der Waals surface area contributed by atoms with Gasteiger partial charge in [-0.2, -0.15) is 0 Å². The van der Waals surface area contributed by atoms with Crippen LogP contribution in [0, 0.1) is 0 Å². The van der Waals surface area contributed by atoms with Gasteiger partial charge in [-0.3, -0.25) is 0 Å². The zero-order valence-electron chi connectivity index (χ0n) is 28.5. The third-order valence-corrected chi connectivity index (χ3v) is 10.5. The summed E-state index contributed by atoms with van der Waals surface area (Å²) in [4.78, 5) is 15.5. The summed E-state index contributed by atoms with van der Waals surface area (Å²) >= 11 is 0. The van der Waals surface area contributed by atoms with E-state index in [0.717, 1.165) is 71.3 Å². The fraction of sp³-hybridized carbons (Fsp3) is 0. The summed E-state index contributed by atoms with van der Waals surface area (Å²) in [6.45, 7) is 0. The standard InChI is InChI=1S/C49H29N3O/c1-2-12-30(13-3-1)47-50-48(52-49(51-47)44-27-33-16-6-7-17-35(33)37-18-9-11-21-40(37)44)42-25-24-36(38-19-8-10-20-39(38)42)34-22-23-41-43-26-31-14-4-5-15-32(31)28-46(43)53-45(41)29-34/h1-29H. The topological polar surface area (TPSA) is 51.8 Å². The Morgan fingerprint density at radius 2 is 0.830 bits per heavy atom. The van der Waals surface area contributed by atoms with Crippen LogP contribution in [0.15, 0.2) is 180 Å². The van der Waals surface area contributed by atoms with Gasteiger partial charge >= 0.3 is 0 Å². The maximum absolute atomic E-state index is 6.47. The largest absolute Gasteiger partial charge is 0.456 e. The molecule has 0 saturated heterocycles. The lowest BCUT2D eigenvalue weighted by molar-refractivity contribution is 0.669. The van der Waals surface area contributed by atoms with E-state index < -0.39 is 0 Å². The second-order valence-corrected chi connectivity index (χ2v) is 13.6. The second-order valence-electron chi connectivity index (χ2n) is 13.6. The van der Waals surface area contributed by atoms with Crippen molar-refractivity contribution in [2.24, 2.45) is 0 Å². The first-order valence-corrected chi connectivity index (χ1v) is 17.9. The van der Waals surface area contributed by atoms with Crippen molar-refractivity contribution in [2.75, 3.05) is 0 Å². The van der Waals surface area contributed by atoms with Crippen LogP contribution in [0.2, 0.25) is 0 Å². The summed E-state index contributed by atoms with van der Waals surface area (Å²) in [6.07, 6.45) is 0. The number of rotatable bonds is 4. The molecule has 0 N–H and O–H groups in total.